The number of hydrogen-bond acceptors (Lipinski definition) is 5. The Kier molecular flexibility index (Phi) is 4.15. The van der Waals surface area contributed by atoms with Crippen molar-refractivity contribution in [2.75, 3.05) is 11.9 Å². The average molecular weight is 268 g/mol. The first-order valence-electron chi connectivity index (χ1n) is 5.51. The Morgan fingerprint density at radius 1 is 1.47 bits per heavy atom. The second-order valence-corrected chi connectivity index (χ2v) is 6.14. The summed E-state index contributed by atoms with van der Waals surface area (Å²) in [4.78, 5) is 8.80. The maximum atomic E-state index is 9.03. The summed E-state index contributed by atoms with van der Waals surface area (Å²) in [6.07, 6.45) is 2.77. The van der Waals surface area contributed by atoms with Gasteiger partial charge in [-0.05, 0) is 18.4 Å². The summed E-state index contributed by atoms with van der Waals surface area (Å²) in [6.45, 7) is 2.27. The number of nitrogens with zero attached hydrogens (tertiary/aromatic N) is 2. The Balaban J connectivity index is 2.01. The van der Waals surface area contributed by atoms with E-state index in [4.69, 9.17) is 5.11 Å². The number of aliphatic hydroxyl groups excluding tert-OH is 1. The van der Waals surface area contributed by atoms with Crippen LogP contribution in [0.1, 0.15) is 16.7 Å². The first-order chi connectivity index (χ1) is 8.20. The Morgan fingerprint density at radius 3 is 2.88 bits per heavy atom. The van der Waals surface area contributed by atoms with E-state index in [1.807, 2.05) is 0 Å². The Morgan fingerprint density at radius 2 is 2.29 bits per heavy atom. The molecule has 1 unspecified atom stereocenters. The van der Waals surface area contributed by atoms with Gasteiger partial charge in [-0.1, -0.05) is 17.4 Å². The summed E-state index contributed by atoms with van der Waals surface area (Å²) >= 11 is 3.34. The molecule has 0 saturated heterocycles. The molecule has 0 aliphatic rings. The second-order valence-electron chi connectivity index (χ2n) is 4.01. The van der Waals surface area contributed by atoms with Crippen molar-refractivity contribution in [2.45, 2.75) is 26.0 Å². The molecule has 0 radical (unpaired) electrons. The number of thiophene rings is 1. The van der Waals surface area contributed by atoms with Crippen LogP contribution in [0.3, 0.4) is 0 Å². The Bertz CT molecular complexity index is 453. The molecule has 17 heavy (non-hydrogen) atoms. The van der Waals surface area contributed by atoms with Crippen LogP contribution in [0.15, 0.2) is 23.7 Å². The van der Waals surface area contributed by atoms with E-state index < -0.39 is 0 Å². The van der Waals surface area contributed by atoms with E-state index in [0.717, 1.165) is 16.4 Å². The molecule has 2 aromatic heterocycles. The zero-order valence-corrected chi connectivity index (χ0v) is 11.6. The molecule has 0 bridgehead atoms. The van der Waals surface area contributed by atoms with Gasteiger partial charge in [-0.15, -0.1) is 11.3 Å². The highest BCUT2D eigenvalue weighted by Crippen LogP contribution is 2.24. The van der Waals surface area contributed by atoms with Crippen LogP contribution in [0.5, 0.6) is 0 Å². The fourth-order valence-electron chi connectivity index (χ4n) is 1.58. The average Bonchev–Trinajstić information content (AvgIpc) is 2.98. The topological polar surface area (TPSA) is 36.4 Å². The van der Waals surface area contributed by atoms with E-state index in [-0.39, 0.29) is 6.61 Å². The lowest BCUT2D eigenvalue weighted by atomic mass is 10.2. The standard InChI is InChI=1S/C12H16N2OS2/c1-9(6-10-4-3-5-16-10)14(2)12-13-7-11(8-15)17-12/h3-5,7,9,15H,6,8H2,1-2H3. The molecule has 0 aromatic carbocycles. The first-order valence-corrected chi connectivity index (χ1v) is 7.21. The van der Waals surface area contributed by atoms with Gasteiger partial charge in [0.2, 0.25) is 0 Å². The molecule has 2 aromatic rings. The van der Waals surface area contributed by atoms with Gasteiger partial charge in [0.25, 0.3) is 0 Å². The molecule has 0 aliphatic heterocycles. The molecule has 1 N–H and O–H groups in total. The number of rotatable bonds is 5. The van der Waals surface area contributed by atoms with Gasteiger partial charge in [0.05, 0.1) is 11.5 Å². The molecule has 5 heteroatoms. The molecule has 2 rings (SSSR count). The van der Waals surface area contributed by atoms with Gasteiger partial charge in [-0.2, -0.15) is 0 Å². The maximum Gasteiger partial charge on any atom is 0.185 e. The molecule has 0 fully saturated rings. The number of thiazole rings is 1. The van der Waals surface area contributed by atoms with E-state index in [1.54, 1.807) is 28.9 Å². The van der Waals surface area contributed by atoms with Gasteiger partial charge in [0, 0.05) is 30.6 Å². The van der Waals surface area contributed by atoms with Crippen LogP contribution in [-0.4, -0.2) is 23.2 Å². The fraction of sp³-hybridized carbons (Fsp3) is 0.417. The number of aliphatic hydroxyl groups is 1. The van der Waals surface area contributed by atoms with Crippen LogP contribution in [-0.2, 0) is 13.0 Å². The smallest absolute Gasteiger partial charge is 0.185 e. The SMILES string of the molecule is CC(Cc1cccs1)N(C)c1ncc(CO)s1. The molecule has 3 nitrogen and oxygen atoms in total. The van der Waals surface area contributed by atoms with Crippen LogP contribution in [0.2, 0.25) is 0 Å². The molecule has 0 amide bonds. The summed E-state index contributed by atoms with van der Waals surface area (Å²) < 4.78 is 0. The van der Waals surface area contributed by atoms with Crippen molar-refractivity contribution >= 4 is 27.8 Å². The van der Waals surface area contributed by atoms with Gasteiger partial charge < -0.3 is 10.0 Å². The van der Waals surface area contributed by atoms with Crippen molar-refractivity contribution in [1.82, 2.24) is 4.98 Å². The Labute approximate surface area is 109 Å². The highest BCUT2D eigenvalue weighted by atomic mass is 32.1. The number of hydrogen-bond donors (Lipinski definition) is 1. The maximum absolute atomic E-state index is 9.03. The molecular weight excluding hydrogens is 252 g/mol. The summed E-state index contributed by atoms with van der Waals surface area (Å²) in [5.41, 5.74) is 0. The molecule has 0 saturated carbocycles. The normalized spacial score (nSPS) is 12.6. The van der Waals surface area contributed by atoms with Gasteiger partial charge in [0.1, 0.15) is 0 Å². The summed E-state index contributed by atoms with van der Waals surface area (Å²) in [7, 11) is 2.05. The third-order valence-corrected chi connectivity index (χ3v) is 4.71. The lowest BCUT2D eigenvalue weighted by molar-refractivity contribution is 0.285. The quantitative estimate of drug-likeness (QED) is 0.906. The number of aromatic nitrogens is 1. The third-order valence-electron chi connectivity index (χ3n) is 2.74. The summed E-state index contributed by atoms with van der Waals surface area (Å²) in [5, 5.41) is 12.1. The molecular formula is C12H16N2OS2. The predicted octanol–water partition coefficient (Wildman–Crippen LogP) is 2.76. The van der Waals surface area contributed by atoms with Gasteiger partial charge in [-0.25, -0.2) is 4.98 Å². The van der Waals surface area contributed by atoms with E-state index in [1.165, 1.54) is 4.88 Å². The van der Waals surface area contributed by atoms with Crippen molar-refractivity contribution in [1.29, 1.82) is 0 Å². The minimum absolute atomic E-state index is 0.0742. The zero-order valence-electron chi connectivity index (χ0n) is 9.96. The number of likely N-dealkylation sites (N-methyl/N-ethyl adjacent to an activating group) is 1. The molecule has 0 spiro atoms. The van der Waals surface area contributed by atoms with E-state index in [2.05, 4.69) is 41.4 Å². The molecule has 0 aliphatic carbocycles. The Hall–Kier alpha value is -0.910. The second kappa shape index (κ2) is 5.62. The first kappa shape index (κ1) is 12.5. The fourth-order valence-corrected chi connectivity index (χ4v) is 3.24. The number of anilines is 1. The van der Waals surface area contributed by atoms with Crippen molar-refractivity contribution in [3.63, 3.8) is 0 Å². The lowest BCUT2D eigenvalue weighted by Crippen LogP contribution is -2.30. The molecule has 2 heterocycles. The highest BCUT2D eigenvalue weighted by Gasteiger charge is 2.14. The van der Waals surface area contributed by atoms with Crippen LogP contribution in [0, 0.1) is 0 Å². The largest absolute Gasteiger partial charge is 0.391 e. The van der Waals surface area contributed by atoms with Crippen molar-refractivity contribution in [3.8, 4) is 0 Å². The van der Waals surface area contributed by atoms with Gasteiger partial charge in [-0.3, -0.25) is 0 Å². The van der Waals surface area contributed by atoms with Crippen molar-refractivity contribution < 1.29 is 5.11 Å². The van der Waals surface area contributed by atoms with Crippen molar-refractivity contribution in [2.24, 2.45) is 0 Å². The van der Waals surface area contributed by atoms with E-state index in [9.17, 15) is 0 Å². The molecule has 92 valence electrons. The highest BCUT2D eigenvalue weighted by molar-refractivity contribution is 7.15. The molecule has 1 atom stereocenters. The predicted molar refractivity (Wildman–Crippen MR) is 73.9 cm³/mol. The third kappa shape index (κ3) is 3.06. The van der Waals surface area contributed by atoms with Gasteiger partial charge in [0.15, 0.2) is 5.13 Å². The minimum Gasteiger partial charge on any atom is -0.391 e. The lowest BCUT2D eigenvalue weighted by Gasteiger charge is -2.23. The minimum atomic E-state index is 0.0742. The van der Waals surface area contributed by atoms with Gasteiger partial charge >= 0.3 is 0 Å². The van der Waals surface area contributed by atoms with E-state index in [0.29, 0.717) is 6.04 Å². The van der Waals surface area contributed by atoms with E-state index >= 15 is 0 Å². The summed E-state index contributed by atoms with van der Waals surface area (Å²) in [6, 6.07) is 4.65. The van der Waals surface area contributed by atoms with Crippen LogP contribution < -0.4 is 4.90 Å². The van der Waals surface area contributed by atoms with Crippen LogP contribution >= 0.6 is 22.7 Å². The zero-order chi connectivity index (χ0) is 12.3. The van der Waals surface area contributed by atoms with Crippen LogP contribution in [0.25, 0.3) is 0 Å². The van der Waals surface area contributed by atoms with Crippen molar-refractivity contribution in [3.05, 3.63) is 33.5 Å². The summed E-state index contributed by atoms with van der Waals surface area (Å²) in [5.74, 6) is 0. The monoisotopic (exact) mass is 268 g/mol. The van der Waals surface area contributed by atoms with Crippen LogP contribution in [0.4, 0.5) is 5.13 Å².